The number of unbranched alkanes of at least 4 members (excludes halogenated alkanes) is 1. The number of hydrogen-bond acceptors (Lipinski definition) is 1. The lowest BCUT2D eigenvalue weighted by Gasteiger charge is -2.11. The topological polar surface area (TPSA) is 9.23 Å². The van der Waals surface area contributed by atoms with Crippen molar-refractivity contribution in [3.05, 3.63) is 65.4 Å². The molecule has 0 heterocycles. The SMILES string of the molecule is CC=COc1ccc(-c2ccc(CCCC)c(F)c2F)c(F)c1F. The van der Waals surface area contributed by atoms with Crippen LogP contribution in [0.3, 0.4) is 0 Å². The van der Waals surface area contributed by atoms with Crippen molar-refractivity contribution in [1.29, 1.82) is 0 Å². The van der Waals surface area contributed by atoms with Gasteiger partial charge >= 0.3 is 0 Å². The first kappa shape index (κ1) is 18.0. The molecular formula is C19H18F4O. The summed E-state index contributed by atoms with van der Waals surface area (Å²) in [6.45, 7) is 3.60. The van der Waals surface area contributed by atoms with E-state index in [0.717, 1.165) is 12.8 Å². The van der Waals surface area contributed by atoms with Crippen LogP contribution in [0, 0.1) is 23.3 Å². The first-order chi connectivity index (χ1) is 11.5. The van der Waals surface area contributed by atoms with Gasteiger partial charge in [-0.1, -0.05) is 31.6 Å². The Labute approximate surface area is 138 Å². The second kappa shape index (κ2) is 7.99. The highest BCUT2D eigenvalue weighted by atomic mass is 19.2. The highest BCUT2D eigenvalue weighted by molar-refractivity contribution is 5.66. The monoisotopic (exact) mass is 338 g/mol. The summed E-state index contributed by atoms with van der Waals surface area (Å²) in [4.78, 5) is 0. The third-order valence-corrected chi connectivity index (χ3v) is 3.63. The first-order valence-corrected chi connectivity index (χ1v) is 7.74. The van der Waals surface area contributed by atoms with Crippen molar-refractivity contribution in [2.45, 2.75) is 33.1 Å². The van der Waals surface area contributed by atoms with Gasteiger partial charge in [-0.25, -0.2) is 13.2 Å². The minimum atomic E-state index is -1.28. The Morgan fingerprint density at radius 2 is 1.50 bits per heavy atom. The standard InChI is InChI=1S/C19H18F4O/c1-3-5-6-12-7-8-13(17(21)16(12)20)14-9-10-15(24-11-4-2)19(23)18(14)22/h4,7-11H,3,5-6H2,1-2H3. The third-order valence-electron chi connectivity index (χ3n) is 3.63. The number of hydrogen-bond donors (Lipinski definition) is 0. The van der Waals surface area contributed by atoms with Crippen molar-refractivity contribution in [2.75, 3.05) is 0 Å². The number of ether oxygens (including phenoxy) is 1. The zero-order valence-electron chi connectivity index (χ0n) is 13.5. The molecule has 2 aromatic carbocycles. The molecule has 0 aromatic heterocycles. The number of rotatable bonds is 6. The Hall–Kier alpha value is -2.30. The van der Waals surface area contributed by atoms with Crippen LogP contribution in [-0.2, 0) is 6.42 Å². The van der Waals surface area contributed by atoms with Gasteiger partial charge in [0.2, 0.25) is 5.82 Å². The van der Waals surface area contributed by atoms with Gasteiger partial charge in [-0.3, -0.25) is 0 Å². The second-order valence-electron chi connectivity index (χ2n) is 5.33. The number of aryl methyl sites for hydroxylation is 1. The molecule has 1 nitrogen and oxygen atoms in total. The molecule has 2 aromatic rings. The first-order valence-electron chi connectivity index (χ1n) is 7.74. The van der Waals surface area contributed by atoms with E-state index in [9.17, 15) is 17.6 Å². The van der Waals surface area contributed by atoms with E-state index < -0.39 is 23.3 Å². The molecule has 0 saturated carbocycles. The average molecular weight is 338 g/mol. The van der Waals surface area contributed by atoms with Crippen LogP contribution in [0.4, 0.5) is 17.6 Å². The van der Waals surface area contributed by atoms with Crippen LogP contribution >= 0.6 is 0 Å². The minimum absolute atomic E-state index is 0.229. The van der Waals surface area contributed by atoms with Crippen LogP contribution in [0.2, 0.25) is 0 Å². The molecule has 0 saturated heterocycles. The number of allylic oxidation sites excluding steroid dienone is 1. The van der Waals surface area contributed by atoms with Gasteiger partial charge in [0.15, 0.2) is 23.2 Å². The summed E-state index contributed by atoms with van der Waals surface area (Å²) in [5, 5.41) is 0. The van der Waals surface area contributed by atoms with Crippen molar-refractivity contribution in [1.82, 2.24) is 0 Å². The van der Waals surface area contributed by atoms with E-state index in [4.69, 9.17) is 4.74 Å². The fourth-order valence-corrected chi connectivity index (χ4v) is 2.33. The summed E-state index contributed by atoms with van der Waals surface area (Å²) >= 11 is 0. The maximum Gasteiger partial charge on any atom is 0.201 e. The largest absolute Gasteiger partial charge is 0.462 e. The van der Waals surface area contributed by atoms with E-state index in [0.29, 0.717) is 6.42 Å². The fourth-order valence-electron chi connectivity index (χ4n) is 2.33. The van der Waals surface area contributed by atoms with E-state index in [2.05, 4.69) is 0 Å². The van der Waals surface area contributed by atoms with Crippen molar-refractivity contribution >= 4 is 0 Å². The van der Waals surface area contributed by atoms with Gasteiger partial charge in [0.05, 0.1) is 6.26 Å². The molecule has 0 aliphatic rings. The average Bonchev–Trinajstić information content (AvgIpc) is 2.58. The zero-order valence-corrected chi connectivity index (χ0v) is 13.5. The summed E-state index contributed by atoms with van der Waals surface area (Å²) in [5.74, 6) is -5.05. The van der Waals surface area contributed by atoms with Crippen LogP contribution in [-0.4, -0.2) is 0 Å². The molecule has 0 spiro atoms. The van der Waals surface area contributed by atoms with E-state index in [1.807, 2.05) is 6.92 Å². The predicted octanol–water partition coefficient (Wildman–Crippen LogP) is 6.17. The molecule has 0 amide bonds. The molecule has 0 bridgehead atoms. The summed E-state index contributed by atoms with van der Waals surface area (Å²) in [5.41, 5.74) is -0.437. The molecule has 0 radical (unpaired) electrons. The number of halogens is 4. The third kappa shape index (κ3) is 3.61. The van der Waals surface area contributed by atoms with Crippen LogP contribution < -0.4 is 4.74 Å². The quantitative estimate of drug-likeness (QED) is 0.452. The summed E-state index contributed by atoms with van der Waals surface area (Å²) in [6.07, 6.45) is 4.66. The Balaban J connectivity index is 2.45. The normalized spacial score (nSPS) is 11.2. The van der Waals surface area contributed by atoms with Gasteiger partial charge in [0.1, 0.15) is 0 Å². The molecule has 0 fully saturated rings. The van der Waals surface area contributed by atoms with Crippen molar-refractivity contribution in [3.63, 3.8) is 0 Å². The second-order valence-corrected chi connectivity index (χ2v) is 5.33. The van der Waals surface area contributed by atoms with Crippen molar-refractivity contribution in [2.24, 2.45) is 0 Å². The Morgan fingerprint density at radius 1 is 0.875 bits per heavy atom. The molecule has 5 heteroatoms. The highest BCUT2D eigenvalue weighted by Crippen LogP contribution is 2.33. The Kier molecular flexibility index (Phi) is 6.01. The minimum Gasteiger partial charge on any atom is -0.462 e. The summed E-state index contributed by atoms with van der Waals surface area (Å²) in [6, 6.07) is 5.02. The van der Waals surface area contributed by atoms with Crippen LogP contribution in [0.5, 0.6) is 5.75 Å². The van der Waals surface area contributed by atoms with Crippen LogP contribution in [0.25, 0.3) is 11.1 Å². The molecule has 0 atom stereocenters. The maximum atomic E-state index is 14.3. The molecule has 0 N–H and O–H groups in total. The van der Waals surface area contributed by atoms with Gasteiger partial charge in [-0.2, -0.15) is 4.39 Å². The maximum absolute atomic E-state index is 14.3. The van der Waals surface area contributed by atoms with E-state index in [-0.39, 0.29) is 22.4 Å². The van der Waals surface area contributed by atoms with Gasteiger partial charge < -0.3 is 4.74 Å². The molecule has 2 rings (SSSR count). The van der Waals surface area contributed by atoms with E-state index in [1.165, 1.54) is 36.6 Å². The Morgan fingerprint density at radius 3 is 2.12 bits per heavy atom. The van der Waals surface area contributed by atoms with E-state index >= 15 is 0 Å². The molecule has 0 unspecified atom stereocenters. The Bertz CT molecular complexity index is 754. The van der Waals surface area contributed by atoms with Crippen molar-refractivity contribution in [3.8, 4) is 16.9 Å². The lowest BCUT2D eigenvalue weighted by Crippen LogP contribution is -2.00. The number of benzene rings is 2. The predicted molar refractivity (Wildman–Crippen MR) is 85.8 cm³/mol. The lowest BCUT2D eigenvalue weighted by atomic mass is 9.99. The fraction of sp³-hybridized carbons (Fsp3) is 0.263. The summed E-state index contributed by atoms with van der Waals surface area (Å²) < 4.78 is 61.5. The molecule has 0 aliphatic heterocycles. The van der Waals surface area contributed by atoms with Crippen LogP contribution in [0.1, 0.15) is 32.3 Å². The zero-order chi connectivity index (χ0) is 17.7. The smallest absolute Gasteiger partial charge is 0.201 e. The highest BCUT2D eigenvalue weighted by Gasteiger charge is 2.21. The molecule has 0 aliphatic carbocycles. The van der Waals surface area contributed by atoms with Crippen molar-refractivity contribution < 1.29 is 22.3 Å². The molecular weight excluding hydrogens is 320 g/mol. The van der Waals surface area contributed by atoms with Gasteiger partial charge in [0, 0.05) is 11.1 Å². The summed E-state index contributed by atoms with van der Waals surface area (Å²) in [7, 11) is 0. The lowest BCUT2D eigenvalue weighted by molar-refractivity contribution is 0.415. The molecule has 24 heavy (non-hydrogen) atoms. The van der Waals surface area contributed by atoms with Gasteiger partial charge in [0.25, 0.3) is 0 Å². The van der Waals surface area contributed by atoms with E-state index in [1.54, 1.807) is 6.92 Å². The molecule has 128 valence electrons. The van der Waals surface area contributed by atoms with Gasteiger partial charge in [-0.05, 0) is 37.5 Å². The van der Waals surface area contributed by atoms with Crippen LogP contribution in [0.15, 0.2) is 36.6 Å². The van der Waals surface area contributed by atoms with Gasteiger partial charge in [-0.15, -0.1) is 0 Å².